The number of fused-ring (bicyclic) bond motifs is 3. The van der Waals surface area contributed by atoms with Gasteiger partial charge in [0.05, 0.1) is 11.6 Å². The van der Waals surface area contributed by atoms with Crippen molar-refractivity contribution in [3.8, 4) is 6.07 Å². The third kappa shape index (κ3) is 2.03. The molecule has 3 aliphatic rings. The van der Waals surface area contributed by atoms with Crippen molar-refractivity contribution in [1.29, 1.82) is 5.26 Å². The molecule has 2 saturated carbocycles. The summed E-state index contributed by atoms with van der Waals surface area (Å²) in [5, 5.41) is 20.7. The molecule has 22 heavy (non-hydrogen) atoms. The van der Waals surface area contributed by atoms with E-state index in [4.69, 9.17) is 0 Å². The summed E-state index contributed by atoms with van der Waals surface area (Å²) in [4.78, 5) is 10.9. The van der Waals surface area contributed by atoms with Gasteiger partial charge in [-0.2, -0.15) is 5.26 Å². The molecule has 4 atom stereocenters. The Hall–Kier alpha value is -1.58. The summed E-state index contributed by atoms with van der Waals surface area (Å²) in [5.41, 5.74) is 1.22. The summed E-state index contributed by atoms with van der Waals surface area (Å²) in [7, 11) is 0. The highest BCUT2D eigenvalue weighted by Crippen LogP contribution is 2.49. The van der Waals surface area contributed by atoms with Gasteiger partial charge in [-0.15, -0.1) is 0 Å². The lowest BCUT2D eigenvalue weighted by molar-refractivity contribution is 0.180. The molecule has 6 heteroatoms. The lowest BCUT2D eigenvalue weighted by Gasteiger charge is -2.41. The van der Waals surface area contributed by atoms with Crippen molar-refractivity contribution in [2.45, 2.75) is 43.1 Å². The monoisotopic (exact) mass is 314 g/mol. The molecule has 0 spiro atoms. The second-order valence-electron chi connectivity index (χ2n) is 6.37. The van der Waals surface area contributed by atoms with Gasteiger partial charge in [0.15, 0.2) is 11.4 Å². The van der Waals surface area contributed by atoms with Crippen LogP contribution in [0.25, 0.3) is 6.08 Å². The maximum Gasteiger partial charge on any atom is 0.189 e. The van der Waals surface area contributed by atoms with Gasteiger partial charge in [-0.25, -0.2) is 9.97 Å². The normalized spacial score (nSPS) is 32.6. The fourth-order valence-corrected chi connectivity index (χ4v) is 4.60. The Bertz CT molecular complexity index is 683. The van der Waals surface area contributed by atoms with Crippen LogP contribution in [0.1, 0.15) is 31.2 Å². The molecule has 1 aromatic rings. The van der Waals surface area contributed by atoms with Gasteiger partial charge < -0.3 is 10.0 Å². The van der Waals surface area contributed by atoms with E-state index in [-0.39, 0.29) is 6.04 Å². The SMILES string of the molecule is CSc1ncc2c(n1)N([C@H]1C[C@@H]3CC[C@H]1C3)C(O)C(C#N)=C2. The highest BCUT2D eigenvalue weighted by molar-refractivity contribution is 7.98. The molecule has 5 nitrogen and oxygen atoms in total. The zero-order valence-corrected chi connectivity index (χ0v) is 13.3. The number of rotatable bonds is 2. The van der Waals surface area contributed by atoms with Gasteiger partial charge in [-0.1, -0.05) is 18.2 Å². The minimum absolute atomic E-state index is 0.286. The first-order valence-electron chi connectivity index (χ1n) is 7.70. The van der Waals surface area contributed by atoms with Gasteiger partial charge in [-0.05, 0) is 43.4 Å². The molecule has 0 amide bonds. The first-order chi connectivity index (χ1) is 10.7. The summed E-state index contributed by atoms with van der Waals surface area (Å²) in [6, 6.07) is 2.42. The number of thioether (sulfide) groups is 1. The van der Waals surface area contributed by atoms with Crippen LogP contribution in [0.5, 0.6) is 0 Å². The fraction of sp³-hybridized carbons (Fsp3) is 0.562. The standard InChI is InChI=1S/C16H18N4OS/c1-22-16-18-8-12-6-11(7-17)15(21)20(14(12)19-16)13-5-9-2-3-10(13)4-9/h6,8-10,13,15,21H,2-5H2,1H3/t9-,10+,13+,15?/m1/s1. The number of aliphatic hydroxyl groups excluding tert-OH is 1. The van der Waals surface area contributed by atoms with Crippen molar-refractivity contribution < 1.29 is 5.11 Å². The van der Waals surface area contributed by atoms with Crippen molar-refractivity contribution in [1.82, 2.24) is 9.97 Å². The molecule has 2 fully saturated rings. The minimum Gasteiger partial charge on any atom is -0.369 e. The number of nitriles is 1. The Labute approximate surface area is 134 Å². The Morgan fingerprint density at radius 1 is 1.41 bits per heavy atom. The molecular formula is C16H18N4OS. The van der Waals surface area contributed by atoms with Crippen LogP contribution in [0, 0.1) is 23.2 Å². The Balaban J connectivity index is 1.80. The lowest BCUT2D eigenvalue weighted by atomic mass is 9.91. The Morgan fingerprint density at radius 2 is 2.27 bits per heavy atom. The molecule has 4 rings (SSSR count). The van der Waals surface area contributed by atoms with Crippen molar-refractivity contribution in [3.05, 3.63) is 17.3 Å². The maximum absolute atomic E-state index is 10.7. The van der Waals surface area contributed by atoms with E-state index in [2.05, 4.69) is 16.0 Å². The van der Waals surface area contributed by atoms with Crippen LogP contribution in [-0.2, 0) is 0 Å². The Kier molecular flexibility index (Phi) is 3.35. The fourth-order valence-electron chi connectivity index (χ4n) is 4.26. The van der Waals surface area contributed by atoms with Crippen molar-refractivity contribution >= 4 is 23.7 Å². The average molecular weight is 314 g/mol. The quantitative estimate of drug-likeness (QED) is 0.667. The van der Waals surface area contributed by atoms with Gasteiger partial charge in [0.1, 0.15) is 5.82 Å². The summed E-state index contributed by atoms with van der Waals surface area (Å²) in [5.74, 6) is 2.16. The highest BCUT2D eigenvalue weighted by atomic mass is 32.2. The van der Waals surface area contributed by atoms with E-state index in [1.54, 1.807) is 12.3 Å². The van der Waals surface area contributed by atoms with Gasteiger partial charge >= 0.3 is 0 Å². The van der Waals surface area contributed by atoms with E-state index in [0.29, 0.717) is 16.6 Å². The molecule has 2 heterocycles. The van der Waals surface area contributed by atoms with Crippen LogP contribution in [0.15, 0.2) is 16.9 Å². The summed E-state index contributed by atoms with van der Waals surface area (Å²) in [6.45, 7) is 0. The van der Waals surface area contributed by atoms with Crippen LogP contribution in [0.4, 0.5) is 5.82 Å². The zero-order valence-electron chi connectivity index (χ0n) is 12.4. The molecular weight excluding hydrogens is 296 g/mol. The van der Waals surface area contributed by atoms with Crippen LogP contribution in [-0.4, -0.2) is 33.6 Å². The predicted molar refractivity (Wildman–Crippen MR) is 85.1 cm³/mol. The van der Waals surface area contributed by atoms with E-state index in [0.717, 1.165) is 23.7 Å². The maximum atomic E-state index is 10.7. The number of aromatic nitrogens is 2. The molecule has 1 aliphatic heterocycles. The first-order valence-corrected chi connectivity index (χ1v) is 8.93. The molecule has 2 aliphatic carbocycles. The van der Waals surface area contributed by atoms with Crippen molar-refractivity contribution in [2.75, 3.05) is 11.2 Å². The van der Waals surface area contributed by atoms with Gasteiger partial charge in [-0.3, -0.25) is 0 Å². The topological polar surface area (TPSA) is 73.0 Å². The summed E-state index contributed by atoms with van der Waals surface area (Å²) in [6.07, 6.45) is 9.41. The lowest BCUT2D eigenvalue weighted by Crippen LogP contribution is -2.49. The Morgan fingerprint density at radius 3 is 2.91 bits per heavy atom. The molecule has 0 radical (unpaired) electrons. The van der Waals surface area contributed by atoms with Crippen molar-refractivity contribution in [2.24, 2.45) is 11.8 Å². The van der Waals surface area contributed by atoms with Gasteiger partial charge in [0.25, 0.3) is 0 Å². The molecule has 0 saturated heterocycles. The largest absolute Gasteiger partial charge is 0.369 e. The molecule has 1 unspecified atom stereocenters. The molecule has 114 valence electrons. The van der Waals surface area contributed by atoms with Crippen LogP contribution in [0.3, 0.4) is 0 Å². The molecule has 1 N–H and O–H groups in total. The molecule has 2 bridgehead atoms. The van der Waals surface area contributed by atoms with E-state index >= 15 is 0 Å². The van der Waals surface area contributed by atoms with Crippen LogP contribution >= 0.6 is 11.8 Å². The third-order valence-electron chi connectivity index (χ3n) is 5.24. The molecule has 1 aromatic heterocycles. The zero-order chi connectivity index (χ0) is 15.3. The van der Waals surface area contributed by atoms with Crippen molar-refractivity contribution in [3.63, 3.8) is 0 Å². The smallest absolute Gasteiger partial charge is 0.189 e. The predicted octanol–water partition coefficient (Wildman–Crippen LogP) is 2.43. The summed E-state index contributed by atoms with van der Waals surface area (Å²) >= 11 is 1.49. The summed E-state index contributed by atoms with van der Waals surface area (Å²) < 4.78 is 0. The number of hydrogen-bond donors (Lipinski definition) is 1. The highest BCUT2D eigenvalue weighted by Gasteiger charge is 2.46. The van der Waals surface area contributed by atoms with E-state index in [1.165, 1.54) is 31.0 Å². The average Bonchev–Trinajstić information content (AvgIpc) is 3.16. The molecule has 0 aromatic carbocycles. The van der Waals surface area contributed by atoms with E-state index < -0.39 is 6.23 Å². The van der Waals surface area contributed by atoms with E-state index in [9.17, 15) is 10.4 Å². The van der Waals surface area contributed by atoms with Gasteiger partial charge in [0, 0.05) is 17.8 Å². The van der Waals surface area contributed by atoms with Crippen LogP contribution < -0.4 is 4.90 Å². The third-order valence-corrected chi connectivity index (χ3v) is 5.80. The number of hydrogen-bond acceptors (Lipinski definition) is 6. The van der Waals surface area contributed by atoms with Crippen LogP contribution in [0.2, 0.25) is 0 Å². The van der Waals surface area contributed by atoms with E-state index in [1.807, 2.05) is 11.2 Å². The number of aliphatic hydroxyl groups is 1. The number of anilines is 1. The second kappa shape index (κ2) is 5.25. The van der Waals surface area contributed by atoms with Gasteiger partial charge in [0.2, 0.25) is 0 Å². The first kappa shape index (κ1) is 14.0. The minimum atomic E-state index is -0.883. The number of nitrogens with zero attached hydrogens (tertiary/aromatic N) is 4. The second-order valence-corrected chi connectivity index (χ2v) is 7.14.